The van der Waals surface area contributed by atoms with Crippen LogP contribution in [0, 0.1) is 13.8 Å². The monoisotopic (exact) mass is 466 g/mol. The van der Waals surface area contributed by atoms with Crippen molar-refractivity contribution in [2.24, 2.45) is 0 Å². The first-order valence-corrected chi connectivity index (χ1v) is 13.7. The number of rotatable bonds is 8. The van der Waals surface area contributed by atoms with Gasteiger partial charge in [0.05, 0.1) is 22.9 Å². The Morgan fingerprint density at radius 1 is 0.968 bits per heavy atom. The van der Waals surface area contributed by atoms with E-state index in [1.165, 1.54) is 12.1 Å². The molecular formula is C22H30N2O5S2. The van der Waals surface area contributed by atoms with E-state index in [0.29, 0.717) is 11.3 Å². The lowest BCUT2D eigenvalue weighted by molar-refractivity contribution is -0.122. The summed E-state index contributed by atoms with van der Waals surface area (Å²) >= 11 is 0. The van der Waals surface area contributed by atoms with E-state index in [0.717, 1.165) is 27.9 Å². The average Bonchev–Trinajstić information content (AvgIpc) is 2.66. The van der Waals surface area contributed by atoms with Crippen LogP contribution in [0.1, 0.15) is 43.0 Å². The van der Waals surface area contributed by atoms with Crippen LogP contribution in [0.2, 0.25) is 0 Å². The van der Waals surface area contributed by atoms with Gasteiger partial charge in [0.15, 0.2) is 9.84 Å². The molecule has 170 valence electrons. The van der Waals surface area contributed by atoms with Crippen LogP contribution < -0.4 is 9.62 Å². The lowest BCUT2D eigenvalue weighted by Gasteiger charge is -2.31. The van der Waals surface area contributed by atoms with Crippen molar-refractivity contribution in [3.8, 4) is 0 Å². The van der Waals surface area contributed by atoms with Crippen LogP contribution in [0.5, 0.6) is 0 Å². The second kappa shape index (κ2) is 9.40. The van der Waals surface area contributed by atoms with Crippen molar-refractivity contribution in [1.82, 2.24) is 5.32 Å². The first-order chi connectivity index (χ1) is 14.3. The van der Waals surface area contributed by atoms with Gasteiger partial charge in [-0.2, -0.15) is 0 Å². The zero-order valence-corrected chi connectivity index (χ0v) is 20.3. The number of carbonyl (C=O) groups excluding carboxylic acids is 1. The van der Waals surface area contributed by atoms with E-state index in [1.54, 1.807) is 38.1 Å². The summed E-state index contributed by atoms with van der Waals surface area (Å²) in [5.41, 5.74) is 3.12. The van der Waals surface area contributed by atoms with Crippen molar-refractivity contribution < 1.29 is 21.6 Å². The Bertz CT molecular complexity index is 1160. The molecule has 2 aromatic rings. The largest absolute Gasteiger partial charge is 0.348 e. The number of aryl methyl sites for hydroxylation is 2. The smallest absolute Gasteiger partial charge is 0.244 e. The second-order valence-corrected chi connectivity index (χ2v) is 11.7. The van der Waals surface area contributed by atoms with Gasteiger partial charge in [-0.05, 0) is 68.1 Å². The number of benzene rings is 2. The lowest BCUT2D eigenvalue weighted by Crippen LogP contribution is -2.49. The van der Waals surface area contributed by atoms with Crippen LogP contribution in [0.4, 0.5) is 5.69 Å². The maximum atomic E-state index is 13.1. The Hall–Kier alpha value is -2.39. The molecule has 0 bridgehead atoms. The lowest BCUT2D eigenvalue weighted by atomic mass is 10.1. The molecule has 0 aliphatic rings. The molecule has 0 spiro atoms. The molecule has 0 saturated carbocycles. The summed E-state index contributed by atoms with van der Waals surface area (Å²) in [4.78, 5) is 13.3. The molecule has 0 radical (unpaired) electrons. The molecule has 0 aliphatic heterocycles. The minimum absolute atomic E-state index is 0.194. The summed E-state index contributed by atoms with van der Waals surface area (Å²) in [6.45, 7) is 7.35. The standard InChI is InChI=1S/C22H30N2O5S2/c1-7-21(24(31(6,28)29)19-11-8-15(2)16(3)14-19)22(25)23-17(4)18-9-12-20(13-10-18)30(5,26)27/h8-14,17,21H,7H2,1-6H3,(H,23,25). The quantitative estimate of drug-likeness (QED) is 0.644. The van der Waals surface area contributed by atoms with Crippen molar-refractivity contribution in [3.05, 3.63) is 59.2 Å². The normalized spacial score (nSPS) is 14.0. The summed E-state index contributed by atoms with van der Waals surface area (Å²) in [6, 6.07) is 10.2. The fourth-order valence-electron chi connectivity index (χ4n) is 3.32. The Morgan fingerprint density at radius 3 is 2.00 bits per heavy atom. The highest BCUT2D eigenvalue weighted by Crippen LogP contribution is 2.26. The molecule has 0 saturated heterocycles. The van der Waals surface area contributed by atoms with Crippen molar-refractivity contribution in [2.75, 3.05) is 16.8 Å². The van der Waals surface area contributed by atoms with Crippen molar-refractivity contribution in [3.63, 3.8) is 0 Å². The number of hydrogen-bond acceptors (Lipinski definition) is 5. The van der Waals surface area contributed by atoms with Crippen LogP contribution >= 0.6 is 0 Å². The van der Waals surface area contributed by atoms with Crippen LogP contribution in [0.25, 0.3) is 0 Å². The highest BCUT2D eigenvalue weighted by atomic mass is 32.2. The third kappa shape index (κ3) is 6.07. The van der Waals surface area contributed by atoms with E-state index >= 15 is 0 Å². The molecule has 2 aromatic carbocycles. The molecule has 7 nitrogen and oxygen atoms in total. The van der Waals surface area contributed by atoms with Gasteiger partial charge < -0.3 is 5.32 Å². The average molecular weight is 467 g/mol. The number of anilines is 1. The third-order valence-electron chi connectivity index (χ3n) is 5.24. The Morgan fingerprint density at radius 2 is 1.55 bits per heavy atom. The number of sulfonamides is 1. The minimum Gasteiger partial charge on any atom is -0.348 e. The van der Waals surface area contributed by atoms with Crippen molar-refractivity contribution in [1.29, 1.82) is 0 Å². The van der Waals surface area contributed by atoms with Crippen LogP contribution in [-0.2, 0) is 24.7 Å². The van der Waals surface area contributed by atoms with Gasteiger partial charge in [-0.3, -0.25) is 9.10 Å². The minimum atomic E-state index is -3.72. The number of carbonyl (C=O) groups is 1. The number of amides is 1. The number of hydrogen-bond donors (Lipinski definition) is 1. The zero-order valence-electron chi connectivity index (χ0n) is 18.7. The second-order valence-electron chi connectivity index (χ2n) is 7.82. The molecule has 1 amide bonds. The van der Waals surface area contributed by atoms with Crippen LogP contribution in [0.3, 0.4) is 0 Å². The summed E-state index contributed by atoms with van der Waals surface area (Å²) < 4.78 is 49.7. The van der Waals surface area contributed by atoms with E-state index in [-0.39, 0.29) is 11.3 Å². The fraction of sp³-hybridized carbons (Fsp3) is 0.409. The van der Waals surface area contributed by atoms with E-state index in [1.807, 2.05) is 19.9 Å². The Balaban J connectivity index is 2.32. The van der Waals surface area contributed by atoms with Gasteiger partial charge in [-0.25, -0.2) is 16.8 Å². The fourth-order valence-corrected chi connectivity index (χ4v) is 5.15. The van der Waals surface area contributed by atoms with Gasteiger partial charge in [0.1, 0.15) is 6.04 Å². The molecule has 2 rings (SSSR count). The molecule has 0 aromatic heterocycles. The highest BCUT2D eigenvalue weighted by molar-refractivity contribution is 7.92. The van der Waals surface area contributed by atoms with Gasteiger partial charge in [0.25, 0.3) is 0 Å². The Labute approximate surface area is 185 Å². The van der Waals surface area contributed by atoms with Gasteiger partial charge in [-0.1, -0.05) is 25.1 Å². The SMILES string of the molecule is CCC(C(=O)NC(C)c1ccc(S(C)(=O)=O)cc1)N(c1ccc(C)c(C)c1)S(C)(=O)=O. The molecule has 0 fully saturated rings. The molecule has 0 heterocycles. The third-order valence-corrected chi connectivity index (χ3v) is 7.55. The number of nitrogens with zero attached hydrogens (tertiary/aromatic N) is 1. The van der Waals surface area contributed by atoms with Crippen molar-refractivity contribution in [2.45, 2.75) is 51.1 Å². The Kier molecular flexibility index (Phi) is 7.54. The molecule has 2 atom stereocenters. The van der Waals surface area contributed by atoms with Gasteiger partial charge in [0.2, 0.25) is 15.9 Å². The maximum absolute atomic E-state index is 13.1. The summed E-state index contributed by atoms with van der Waals surface area (Å²) in [6.07, 6.45) is 2.50. The van der Waals surface area contributed by atoms with Crippen LogP contribution in [-0.4, -0.2) is 41.3 Å². The molecule has 0 aliphatic carbocycles. The summed E-state index contributed by atoms with van der Waals surface area (Å²) in [5.74, 6) is -0.425. The van der Waals surface area contributed by atoms with E-state index in [9.17, 15) is 21.6 Å². The van der Waals surface area contributed by atoms with Gasteiger partial charge in [-0.15, -0.1) is 0 Å². The van der Waals surface area contributed by atoms with Crippen LogP contribution in [0.15, 0.2) is 47.4 Å². The van der Waals surface area contributed by atoms with Crippen molar-refractivity contribution >= 4 is 31.5 Å². The zero-order chi connectivity index (χ0) is 23.6. The van der Waals surface area contributed by atoms with Gasteiger partial charge in [0, 0.05) is 6.26 Å². The first kappa shape index (κ1) is 24.9. The highest BCUT2D eigenvalue weighted by Gasteiger charge is 2.32. The van der Waals surface area contributed by atoms with E-state index in [4.69, 9.17) is 0 Å². The van der Waals surface area contributed by atoms with Gasteiger partial charge >= 0.3 is 0 Å². The predicted molar refractivity (Wildman–Crippen MR) is 123 cm³/mol. The first-order valence-electron chi connectivity index (χ1n) is 9.92. The van der Waals surface area contributed by atoms with E-state index < -0.39 is 37.9 Å². The summed E-state index contributed by atoms with van der Waals surface area (Å²) in [7, 11) is -7.03. The predicted octanol–water partition coefficient (Wildman–Crippen LogP) is 3.13. The molecule has 31 heavy (non-hydrogen) atoms. The molecule has 2 unspecified atom stereocenters. The molecule has 1 N–H and O–H groups in total. The molecule has 9 heteroatoms. The van der Waals surface area contributed by atoms with E-state index in [2.05, 4.69) is 5.32 Å². The number of sulfone groups is 1. The topological polar surface area (TPSA) is 101 Å². The molecular weight excluding hydrogens is 436 g/mol. The maximum Gasteiger partial charge on any atom is 0.244 e. The summed E-state index contributed by atoms with van der Waals surface area (Å²) in [5, 5.41) is 2.86. The number of nitrogens with one attached hydrogen (secondary N) is 1.